The molecule has 92 valence electrons. The number of hydrogen-bond acceptors (Lipinski definition) is 5. The van der Waals surface area contributed by atoms with Gasteiger partial charge < -0.3 is 14.8 Å². The first-order valence-corrected chi connectivity index (χ1v) is 5.03. The van der Waals surface area contributed by atoms with E-state index in [-0.39, 0.29) is 0 Å². The number of aliphatic carboxylic acids is 1. The fourth-order valence-electron chi connectivity index (χ4n) is 1.34. The Morgan fingerprint density at radius 1 is 1.28 bits per heavy atom. The third kappa shape index (κ3) is 2.91. The standard InChI is InChI=1S/C11H9N3O4/c15-9(5-10(16)17)13-8-3-1-7(2-4-8)11-14-12-6-18-11/h1-4,6H,5H2,(H,13,15)(H,16,17). The Hall–Kier alpha value is -2.70. The second kappa shape index (κ2) is 5.09. The predicted octanol–water partition coefficient (Wildman–Crippen LogP) is 1.15. The molecule has 0 aliphatic rings. The summed E-state index contributed by atoms with van der Waals surface area (Å²) in [5, 5.41) is 18.2. The summed E-state index contributed by atoms with van der Waals surface area (Å²) in [4.78, 5) is 21.5. The van der Waals surface area contributed by atoms with Crippen molar-refractivity contribution in [3.63, 3.8) is 0 Å². The summed E-state index contributed by atoms with van der Waals surface area (Å²) in [6.07, 6.45) is 0.656. The van der Waals surface area contributed by atoms with Crippen LogP contribution in [0.2, 0.25) is 0 Å². The summed E-state index contributed by atoms with van der Waals surface area (Å²) in [5.74, 6) is -1.37. The summed E-state index contributed by atoms with van der Waals surface area (Å²) < 4.78 is 5.01. The Morgan fingerprint density at radius 3 is 2.56 bits per heavy atom. The lowest BCUT2D eigenvalue weighted by molar-refractivity contribution is -0.139. The lowest BCUT2D eigenvalue weighted by atomic mass is 10.2. The van der Waals surface area contributed by atoms with Crippen molar-refractivity contribution in [1.29, 1.82) is 0 Å². The average molecular weight is 247 g/mol. The Morgan fingerprint density at radius 2 is 2.00 bits per heavy atom. The predicted molar refractivity (Wildman–Crippen MR) is 60.6 cm³/mol. The SMILES string of the molecule is O=C(O)CC(=O)Nc1ccc(-c2nnco2)cc1. The molecule has 1 aromatic heterocycles. The largest absolute Gasteiger partial charge is 0.481 e. The molecule has 2 N–H and O–H groups in total. The van der Waals surface area contributed by atoms with Gasteiger partial charge in [-0.05, 0) is 24.3 Å². The molecule has 0 fully saturated rings. The van der Waals surface area contributed by atoms with Crippen molar-refractivity contribution in [2.24, 2.45) is 0 Å². The first kappa shape index (κ1) is 11.8. The number of carboxylic acids is 1. The van der Waals surface area contributed by atoms with Gasteiger partial charge in [0.2, 0.25) is 18.2 Å². The molecule has 0 saturated carbocycles. The molecule has 0 saturated heterocycles. The molecule has 0 bridgehead atoms. The minimum atomic E-state index is -1.17. The van der Waals surface area contributed by atoms with E-state index in [1.807, 2.05) is 0 Å². The number of amides is 1. The number of carbonyl (C=O) groups is 2. The van der Waals surface area contributed by atoms with Crippen LogP contribution < -0.4 is 5.32 Å². The zero-order chi connectivity index (χ0) is 13.0. The molecule has 0 aliphatic carbocycles. The highest BCUT2D eigenvalue weighted by Crippen LogP contribution is 2.18. The summed E-state index contributed by atoms with van der Waals surface area (Å²) in [5.41, 5.74) is 1.22. The van der Waals surface area contributed by atoms with Gasteiger partial charge in [-0.1, -0.05) is 0 Å². The highest BCUT2D eigenvalue weighted by atomic mass is 16.4. The van der Waals surface area contributed by atoms with E-state index in [1.165, 1.54) is 6.39 Å². The fraction of sp³-hybridized carbons (Fsp3) is 0.0909. The second-order valence-corrected chi connectivity index (χ2v) is 3.44. The lowest BCUT2D eigenvalue weighted by Crippen LogP contribution is -2.15. The van der Waals surface area contributed by atoms with Crippen molar-refractivity contribution in [2.75, 3.05) is 5.32 Å². The highest BCUT2D eigenvalue weighted by molar-refractivity contribution is 6.01. The van der Waals surface area contributed by atoms with Crippen LogP contribution in [0.1, 0.15) is 6.42 Å². The fourth-order valence-corrected chi connectivity index (χ4v) is 1.34. The van der Waals surface area contributed by atoms with E-state index in [2.05, 4.69) is 15.5 Å². The minimum Gasteiger partial charge on any atom is -0.481 e. The molecule has 0 radical (unpaired) electrons. The van der Waals surface area contributed by atoms with Crippen LogP contribution in [0.15, 0.2) is 35.1 Å². The molecule has 0 spiro atoms. The Kier molecular flexibility index (Phi) is 3.33. The molecule has 18 heavy (non-hydrogen) atoms. The maximum atomic E-state index is 11.2. The van der Waals surface area contributed by atoms with Crippen LogP contribution in [-0.4, -0.2) is 27.2 Å². The maximum absolute atomic E-state index is 11.2. The highest BCUT2D eigenvalue weighted by Gasteiger charge is 2.08. The number of hydrogen-bond donors (Lipinski definition) is 2. The zero-order valence-corrected chi connectivity index (χ0v) is 9.16. The number of anilines is 1. The van der Waals surface area contributed by atoms with E-state index in [9.17, 15) is 9.59 Å². The Labute approximate surface area is 101 Å². The summed E-state index contributed by atoms with van der Waals surface area (Å²) >= 11 is 0. The van der Waals surface area contributed by atoms with Gasteiger partial charge in [0.25, 0.3) is 0 Å². The molecular formula is C11H9N3O4. The van der Waals surface area contributed by atoms with Crippen LogP contribution in [0.3, 0.4) is 0 Å². The molecule has 7 heteroatoms. The molecule has 0 atom stereocenters. The zero-order valence-electron chi connectivity index (χ0n) is 9.16. The van der Waals surface area contributed by atoms with Gasteiger partial charge in [-0.15, -0.1) is 10.2 Å². The number of benzene rings is 1. The molecule has 1 heterocycles. The molecule has 1 aromatic carbocycles. The number of carbonyl (C=O) groups excluding carboxylic acids is 1. The minimum absolute atomic E-state index is 0.374. The number of nitrogens with one attached hydrogen (secondary N) is 1. The molecule has 0 aliphatic heterocycles. The smallest absolute Gasteiger partial charge is 0.312 e. The third-order valence-electron chi connectivity index (χ3n) is 2.09. The van der Waals surface area contributed by atoms with Crippen molar-refractivity contribution < 1.29 is 19.1 Å². The van der Waals surface area contributed by atoms with Crippen molar-refractivity contribution in [2.45, 2.75) is 6.42 Å². The summed E-state index contributed by atoms with van der Waals surface area (Å²) in [7, 11) is 0. The van der Waals surface area contributed by atoms with E-state index in [1.54, 1.807) is 24.3 Å². The van der Waals surface area contributed by atoms with Crippen molar-refractivity contribution in [3.8, 4) is 11.5 Å². The molecule has 0 unspecified atom stereocenters. The average Bonchev–Trinajstić information content (AvgIpc) is 2.82. The van der Waals surface area contributed by atoms with Crippen LogP contribution >= 0.6 is 0 Å². The van der Waals surface area contributed by atoms with E-state index in [0.717, 1.165) is 0 Å². The van der Waals surface area contributed by atoms with Gasteiger partial charge >= 0.3 is 5.97 Å². The van der Waals surface area contributed by atoms with Crippen molar-refractivity contribution in [1.82, 2.24) is 10.2 Å². The van der Waals surface area contributed by atoms with Crippen LogP contribution in [0.25, 0.3) is 11.5 Å². The number of carboxylic acid groups (broad SMARTS) is 1. The quantitative estimate of drug-likeness (QED) is 0.785. The van der Waals surface area contributed by atoms with E-state index in [0.29, 0.717) is 17.1 Å². The van der Waals surface area contributed by atoms with Gasteiger partial charge in [-0.3, -0.25) is 9.59 Å². The first-order chi connectivity index (χ1) is 8.65. The topological polar surface area (TPSA) is 105 Å². The van der Waals surface area contributed by atoms with Crippen LogP contribution in [0, 0.1) is 0 Å². The molecule has 1 amide bonds. The van der Waals surface area contributed by atoms with Crippen LogP contribution in [0.5, 0.6) is 0 Å². The summed E-state index contributed by atoms with van der Waals surface area (Å²) in [6, 6.07) is 6.62. The van der Waals surface area contributed by atoms with E-state index in [4.69, 9.17) is 9.52 Å². The Balaban J connectivity index is 2.04. The maximum Gasteiger partial charge on any atom is 0.312 e. The third-order valence-corrected chi connectivity index (χ3v) is 2.09. The second-order valence-electron chi connectivity index (χ2n) is 3.44. The molecule has 7 nitrogen and oxygen atoms in total. The summed E-state index contributed by atoms with van der Waals surface area (Å²) in [6.45, 7) is 0. The van der Waals surface area contributed by atoms with Gasteiger partial charge in [0, 0.05) is 11.3 Å². The first-order valence-electron chi connectivity index (χ1n) is 5.03. The van der Waals surface area contributed by atoms with Gasteiger partial charge in [0.1, 0.15) is 6.42 Å². The Bertz CT molecular complexity index is 548. The molecular weight excluding hydrogens is 238 g/mol. The lowest BCUT2D eigenvalue weighted by Gasteiger charge is -2.03. The van der Waals surface area contributed by atoms with Crippen molar-refractivity contribution >= 4 is 17.6 Å². The van der Waals surface area contributed by atoms with Gasteiger partial charge in [0.05, 0.1) is 0 Å². The normalized spacial score (nSPS) is 10.0. The molecule has 2 rings (SSSR count). The number of rotatable bonds is 4. The van der Waals surface area contributed by atoms with E-state index < -0.39 is 18.3 Å². The van der Waals surface area contributed by atoms with Gasteiger partial charge in [-0.2, -0.15) is 0 Å². The van der Waals surface area contributed by atoms with Gasteiger partial charge in [0.15, 0.2) is 0 Å². The molecule has 2 aromatic rings. The monoisotopic (exact) mass is 247 g/mol. The number of aromatic nitrogens is 2. The number of nitrogens with zero attached hydrogens (tertiary/aromatic N) is 2. The van der Waals surface area contributed by atoms with Crippen LogP contribution in [0.4, 0.5) is 5.69 Å². The van der Waals surface area contributed by atoms with Gasteiger partial charge in [-0.25, -0.2) is 0 Å². The van der Waals surface area contributed by atoms with E-state index >= 15 is 0 Å². The van der Waals surface area contributed by atoms with Crippen LogP contribution in [-0.2, 0) is 9.59 Å². The van der Waals surface area contributed by atoms with Crippen molar-refractivity contribution in [3.05, 3.63) is 30.7 Å².